The number of benzene rings is 1. The Hall–Kier alpha value is -0.950. The lowest BCUT2D eigenvalue weighted by molar-refractivity contribution is 0.0697. The minimum atomic E-state index is -2.28. The summed E-state index contributed by atoms with van der Waals surface area (Å²) in [7, 11) is 0. The number of hydrogen-bond donors (Lipinski definition) is 2. The molecule has 0 amide bonds. The van der Waals surface area contributed by atoms with Crippen LogP contribution < -0.4 is 0 Å². The average molecular weight is 265 g/mol. The second kappa shape index (κ2) is 5.95. The van der Waals surface area contributed by atoms with E-state index >= 15 is 0 Å². The van der Waals surface area contributed by atoms with Crippen molar-refractivity contribution in [3.63, 3.8) is 0 Å². The van der Waals surface area contributed by atoms with Crippen LogP contribution in [0.4, 0.5) is 0 Å². The van der Waals surface area contributed by atoms with Crippen LogP contribution in [0.2, 0.25) is 5.02 Å². The number of aromatic carboxylic acids is 1. The normalized spacial score (nSPS) is 12.4. The fourth-order valence-electron chi connectivity index (χ4n) is 1.12. The third-order valence-corrected chi connectivity index (χ3v) is 2.52. The molecule has 7 heteroatoms. The van der Waals surface area contributed by atoms with Crippen LogP contribution in [0.5, 0.6) is 0 Å². The Balaban J connectivity index is 2.66. The van der Waals surface area contributed by atoms with Crippen LogP contribution in [-0.4, -0.2) is 26.4 Å². The first-order chi connectivity index (χ1) is 7.50. The van der Waals surface area contributed by atoms with Gasteiger partial charge < -0.3 is 5.11 Å². The largest absolute Gasteiger partial charge is 0.478 e. The second-order valence-electron chi connectivity index (χ2n) is 2.91. The van der Waals surface area contributed by atoms with Crippen LogP contribution in [0.15, 0.2) is 18.2 Å². The molecule has 0 fully saturated rings. The molecule has 1 rings (SSSR count). The van der Waals surface area contributed by atoms with Crippen LogP contribution >= 0.6 is 11.6 Å². The van der Waals surface area contributed by atoms with Gasteiger partial charge in [0.05, 0.1) is 17.2 Å². The van der Waals surface area contributed by atoms with E-state index in [2.05, 4.69) is 4.18 Å². The number of hydrogen-bond acceptors (Lipinski definition) is 3. The Labute approximate surface area is 99.5 Å². The summed E-state index contributed by atoms with van der Waals surface area (Å²) in [5.74, 6) is -1.09. The van der Waals surface area contributed by atoms with E-state index in [4.69, 9.17) is 21.3 Å². The zero-order valence-corrected chi connectivity index (χ0v) is 9.62. The van der Waals surface area contributed by atoms with Crippen molar-refractivity contribution in [2.24, 2.45) is 0 Å². The maximum Gasteiger partial charge on any atom is 0.337 e. The quantitative estimate of drug-likeness (QED) is 0.792. The standard InChI is InChI=1S/C9H9ClO5S/c10-8-5-6(3-4-15-16(13)14)1-2-7(8)9(11)12/h1-2,5H,3-4H2,(H,11,12)(H,13,14). The fourth-order valence-corrected chi connectivity index (χ4v) is 1.63. The first-order valence-electron chi connectivity index (χ1n) is 4.26. The summed E-state index contributed by atoms with van der Waals surface area (Å²) >= 11 is 3.45. The van der Waals surface area contributed by atoms with Crippen molar-refractivity contribution in [3.8, 4) is 0 Å². The average Bonchev–Trinajstić information content (AvgIpc) is 2.16. The van der Waals surface area contributed by atoms with E-state index in [9.17, 15) is 9.00 Å². The first-order valence-corrected chi connectivity index (χ1v) is 5.67. The summed E-state index contributed by atoms with van der Waals surface area (Å²) in [5, 5.41) is 8.86. The topological polar surface area (TPSA) is 83.8 Å². The summed E-state index contributed by atoms with van der Waals surface area (Å²) in [6.07, 6.45) is 0.381. The Morgan fingerprint density at radius 1 is 1.50 bits per heavy atom. The van der Waals surface area contributed by atoms with Crippen LogP contribution in [0.3, 0.4) is 0 Å². The molecule has 1 unspecified atom stereocenters. The molecule has 2 N–H and O–H groups in total. The zero-order chi connectivity index (χ0) is 12.1. The number of rotatable bonds is 5. The second-order valence-corrected chi connectivity index (χ2v) is 3.99. The van der Waals surface area contributed by atoms with Gasteiger partial charge in [0.15, 0.2) is 0 Å². The maximum absolute atomic E-state index is 10.7. The lowest BCUT2D eigenvalue weighted by atomic mass is 10.1. The van der Waals surface area contributed by atoms with Gasteiger partial charge in [-0.1, -0.05) is 17.7 Å². The number of carboxylic acids is 1. The number of halogens is 1. The van der Waals surface area contributed by atoms with Gasteiger partial charge in [-0.3, -0.25) is 8.74 Å². The molecule has 0 aliphatic heterocycles. The minimum absolute atomic E-state index is 0.0251. The van der Waals surface area contributed by atoms with Crippen LogP contribution in [0.1, 0.15) is 15.9 Å². The van der Waals surface area contributed by atoms with Gasteiger partial charge in [0.25, 0.3) is 0 Å². The lowest BCUT2D eigenvalue weighted by Crippen LogP contribution is -2.02. The van der Waals surface area contributed by atoms with E-state index in [1.807, 2.05) is 0 Å². The van der Waals surface area contributed by atoms with Gasteiger partial charge >= 0.3 is 17.3 Å². The van der Waals surface area contributed by atoms with Gasteiger partial charge in [-0.05, 0) is 24.1 Å². The van der Waals surface area contributed by atoms with Crippen LogP contribution in [0, 0.1) is 0 Å². The Bertz CT molecular complexity index is 420. The molecule has 1 atom stereocenters. The Kier molecular flexibility index (Phi) is 4.88. The molecule has 0 saturated carbocycles. The molecule has 0 radical (unpaired) electrons. The summed E-state index contributed by atoms with van der Waals surface area (Å²) in [6.45, 7) is 0.0614. The van der Waals surface area contributed by atoms with E-state index in [1.165, 1.54) is 12.1 Å². The van der Waals surface area contributed by atoms with Crippen molar-refractivity contribution < 1.29 is 22.8 Å². The summed E-state index contributed by atoms with van der Waals surface area (Å²) < 4.78 is 23.0. The molecule has 0 spiro atoms. The van der Waals surface area contributed by atoms with Crippen molar-refractivity contribution in [2.75, 3.05) is 6.61 Å². The third-order valence-electron chi connectivity index (χ3n) is 1.84. The smallest absolute Gasteiger partial charge is 0.337 e. The molecule has 1 aromatic carbocycles. The van der Waals surface area contributed by atoms with Crippen molar-refractivity contribution >= 4 is 28.9 Å². The van der Waals surface area contributed by atoms with Gasteiger partial charge in [0.2, 0.25) is 0 Å². The van der Waals surface area contributed by atoms with Crippen molar-refractivity contribution in [1.29, 1.82) is 0 Å². The SMILES string of the molecule is O=C(O)c1ccc(CCOS(=O)O)cc1Cl. The molecule has 5 nitrogen and oxygen atoms in total. The third kappa shape index (κ3) is 3.90. The molecular weight excluding hydrogens is 256 g/mol. The predicted octanol–water partition coefficient (Wildman–Crippen LogP) is 1.73. The summed E-state index contributed by atoms with van der Waals surface area (Å²) in [5.41, 5.74) is 0.762. The molecule has 0 aliphatic carbocycles. The van der Waals surface area contributed by atoms with Gasteiger partial charge in [-0.15, -0.1) is 0 Å². The predicted molar refractivity (Wildman–Crippen MR) is 58.8 cm³/mol. The van der Waals surface area contributed by atoms with Crippen LogP contribution in [-0.2, 0) is 22.0 Å². The molecule has 0 aliphatic rings. The maximum atomic E-state index is 10.7. The number of carbonyl (C=O) groups is 1. The zero-order valence-electron chi connectivity index (χ0n) is 8.05. The number of carboxylic acid groups (broad SMARTS) is 1. The molecule has 1 aromatic rings. The van der Waals surface area contributed by atoms with Crippen LogP contribution in [0.25, 0.3) is 0 Å². The molecular formula is C9H9ClO5S. The Morgan fingerprint density at radius 3 is 2.69 bits per heavy atom. The highest BCUT2D eigenvalue weighted by Crippen LogP contribution is 2.18. The monoisotopic (exact) mass is 264 g/mol. The van der Waals surface area contributed by atoms with E-state index in [0.717, 1.165) is 5.56 Å². The molecule has 16 heavy (non-hydrogen) atoms. The van der Waals surface area contributed by atoms with Crippen molar-refractivity contribution in [3.05, 3.63) is 34.3 Å². The highest BCUT2D eigenvalue weighted by Gasteiger charge is 2.08. The van der Waals surface area contributed by atoms with Crippen molar-refractivity contribution in [1.82, 2.24) is 0 Å². The molecule has 0 saturated heterocycles. The molecule has 0 bridgehead atoms. The fraction of sp³-hybridized carbons (Fsp3) is 0.222. The van der Waals surface area contributed by atoms with Crippen molar-refractivity contribution in [2.45, 2.75) is 6.42 Å². The summed E-state index contributed by atoms with van der Waals surface area (Å²) in [6, 6.07) is 4.46. The first kappa shape index (κ1) is 13.1. The van der Waals surface area contributed by atoms with Gasteiger partial charge in [0.1, 0.15) is 0 Å². The minimum Gasteiger partial charge on any atom is -0.478 e. The molecule has 88 valence electrons. The molecule has 0 heterocycles. The van der Waals surface area contributed by atoms with E-state index in [0.29, 0.717) is 6.42 Å². The van der Waals surface area contributed by atoms with Gasteiger partial charge in [-0.2, -0.15) is 4.21 Å². The Morgan fingerprint density at radius 2 is 2.19 bits per heavy atom. The van der Waals surface area contributed by atoms with E-state index < -0.39 is 17.3 Å². The van der Waals surface area contributed by atoms with Gasteiger partial charge in [-0.25, -0.2) is 4.79 Å². The lowest BCUT2D eigenvalue weighted by Gasteiger charge is -2.03. The highest BCUT2D eigenvalue weighted by atomic mass is 35.5. The van der Waals surface area contributed by atoms with E-state index in [-0.39, 0.29) is 17.2 Å². The molecule has 0 aromatic heterocycles. The highest BCUT2D eigenvalue weighted by molar-refractivity contribution is 7.74. The summed E-state index contributed by atoms with van der Waals surface area (Å²) in [4.78, 5) is 10.7. The van der Waals surface area contributed by atoms with E-state index in [1.54, 1.807) is 6.07 Å². The van der Waals surface area contributed by atoms with Gasteiger partial charge in [0, 0.05) is 0 Å².